The molecule has 0 aliphatic heterocycles. The summed E-state index contributed by atoms with van der Waals surface area (Å²) >= 11 is 3.55. The van der Waals surface area contributed by atoms with Crippen molar-refractivity contribution in [3.05, 3.63) is 28.2 Å². The van der Waals surface area contributed by atoms with Crippen molar-refractivity contribution >= 4 is 15.9 Å². The standard InChI is InChI=1S/C15H21BrO2/c1-18-13-7-8-14(16)12(9-13)10-15(17)11-5-3-2-4-6-11/h7-9,11,15,17H,2-6,10H2,1H3. The van der Waals surface area contributed by atoms with E-state index >= 15 is 0 Å². The van der Waals surface area contributed by atoms with Crippen LogP contribution in [0.2, 0.25) is 0 Å². The van der Waals surface area contributed by atoms with Gasteiger partial charge in [0, 0.05) is 4.47 Å². The van der Waals surface area contributed by atoms with Crippen molar-refractivity contribution in [3.8, 4) is 5.75 Å². The van der Waals surface area contributed by atoms with E-state index in [0.717, 1.165) is 15.8 Å². The molecule has 2 rings (SSSR count). The molecule has 1 aliphatic carbocycles. The number of methoxy groups -OCH3 is 1. The average molecular weight is 313 g/mol. The van der Waals surface area contributed by atoms with Gasteiger partial charge in [0.1, 0.15) is 5.75 Å². The highest BCUT2D eigenvalue weighted by Gasteiger charge is 2.22. The van der Waals surface area contributed by atoms with E-state index in [1.165, 1.54) is 32.1 Å². The topological polar surface area (TPSA) is 29.5 Å². The fourth-order valence-corrected chi connectivity index (χ4v) is 3.15. The van der Waals surface area contributed by atoms with Crippen molar-refractivity contribution in [3.63, 3.8) is 0 Å². The maximum absolute atomic E-state index is 10.4. The maximum Gasteiger partial charge on any atom is 0.119 e. The first-order valence-electron chi connectivity index (χ1n) is 6.71. The van der Waals surface area contributed by atoms with Crippen LogP contribution in [0.3, 0.4) is 0 Å². The number of rotatable bonds is 4. The molecule has 0 aromatic heterocycles. The van der Waals surface area contributed by atoms with Crippen LogP contribution in [-0.4, -0.2) is 18.3 Å². The minimum Gasteiger partial charge on any atom is -0.497 e. The first-order valence-corrected chi connectivity index (χ1v) is 7.50. The highest BCUT2D eigenvalue weighted by atomic mass is 79.9. The van der Waals surface area contributed by atoms with E-state index in [0.29, 0.717) is 12.3 Å². The lowest BCUT2D eigenvalue weighted by Gasteiger charge is -2.27. The van der Waals surface area contributed by atoms with Gasteiger partial charge < -0.3 is 9.84 Å². The van der Waals surface area contributed by atoms with Gasteiger partial charge in [-0.3, -0.25) is 0 Å². The molecule has 0 amide bonds. The summed E-state index contributed by atoms with van der Waals surface area (Å²) in [5.74, 6) is 1.32. The van der Waals surface area contributed by atoms with E-state index in [1.807, 2.05) is 18.2 Å². The third-order valence-corrected chi connectivity index (χ3v) is 4.65. The second kappa shape index (κ2) is 6.58. The summed E-state index contributed by atoms with van der Waals surface area (Å²) < 4.78 is 6.29. The zero-order valence-corrected chi connectivity index (χ0v) is 12.4. The Kier molecular flexibility index (Phi) is 5.07. The van der Waals surface area contributed by atoms with Crippen molar-refractivity contribution in [1.29, 1.82) is 0 Å². The predicted octanol–water partition coefficient (Wildman–Crippen LogP) is 3.94. The average Bonchev–Trinajstić information content (AvgIpc) is 2.42. The summed E-state index contributed by atoms with van der Waals surface area (Å²) in [4.78, 5) is 0. The Morgan fingerprint density at radius 2 is 2.06 bits per heavy atom. The number of benzene rings is 1. The molecule has 2 nitrogen and oxygen atoms in total. The Morgan fingerprint density at radius 1 is 1.33 bits per heavy atom. The second-order valence-corrected chi connectivity index (χ2v) is 5.98. The van der Waals surface area contributed by atoms with Gasteiger partial charge in [0.15, 0.2) is 0 Å². The summed E-state index contributed by atoms with van der Waals surface area (Å²) in [6, 6.07) is 5.93. The Labute approximate surface area is 117 Å². The van der Waals surface area contributed by atoms with Crippen molar-refractivity contribution in [2.24, 2.45) is 5.92 Å². The molecule has 100 valence electrons. The van der Waals surface area contributed by atoms with Gasteiger partial charge in [0.2, 0.25) is 0 Å². The van der Waals surface area contributed by atoms with E-state index in [-0.39, 0.29) is 6.10 Å². The molecule has 1 fully saturated rings. The molecule has 1 aromatic rings. The largest absolute Gasteiger partial charge is 0.497 e. The fraction of sp³-hybridized carbons (Fsp3) is 0.600. The third-order valence-electron chi connectivity index (χ3n) is 3.88. The van der Waals surface area contributed by atoms with E-state index < -0.39 is 0 Å². The zero-order chi connectivity index (χ0) is 13.0. The summed E-state index contributed by atoms with van der Waals surface area (Å²) in [5.41, 5.74) is 1.13. The smallest absolute Gasteiger partial charge is 0.119 e. The van der Waals surface area contributed by atoms with Crippen molar-refractivity contribution in [2.45, 2.75) is 44.6 Å². The summed E-state index contributed by atoms with van der Waals surface area (Å²) in [7, 11) is 1.67. The Bertz CT molecular complexity index is 386. The molecule has 1 aliphatic rings. The molecule has 18 heavy (non-hydrogen) atoms. The second-order valence-electron chi connectivity index (χ2n) is 5.13. The molecule has 0 spiro atoms. The predicted molar refractivity (Wildman–Crippen MR) is 77.0 cm³/mol. The number of ether oxygens (including phenoxy) is 1. The molecule has 1 saturated carbocycles. The molecular weight excluding hydrogens is 292 g/mol. The van der Waals surface area contributed by atoms with Gasteiger partial charge in [-0.15, -0.1) is 0 Å². The minimum atomic E-state index is -0.228. The summed E-state index contributed by atoms with van der Waals surface area (Å²) in [5, 5.41) is 10.4. The van der Waals surface area contributed by atoms with Gasteiger partial charge in [-0.2, -0.15) is 0 Å². The molecule has 1 unspecified atom stereocenters. The van der Waals surface area contributed by atoms with Gasteiger partial charge >= 0.3 is 0 Å². The van der Waals surface area contributed by atoms with Gasteiger partial charge in [-0.1, -0.05) is 35.2 Å². The molecule has 0 bridgehead atoms. The summed E-state index contributed by atoms with van der Waals surface area (Å²) in [6.45, 7) is 0. The SMILES string of the molecule is COc1ccc(Br)c(CC(O)C2CCCCC2)c1. The highest BCUT2D eigenvalue weighted by molar-refractivity contribution is 9.10. The number of aliphatic hydroxyl groups is 1. The molecule has 3 heteroatoms. The first-order chi connectivity index (χ1) is 8.70. The number of hydrogen-bond donors (Lipinski definition) is 1. The number of aliphatic hydroxyl groups excluding tert-OH is 1. The van der Waals surface area contributed by atoms with Crippen LogP contribution in [0.25, 0.3) is 0 Å². The van der Waals surface area contributed by atoms with E-state index in [2.05, 4.69) is 15.9 Å². The Hall–Kier alpha value is -0.540. The zero-order valence-electron chi connectivity index (χ0n) is 10.9. The minimum absolute atomic E-state index is 0.228. The molecule has 1 atom stereocenters. The highest BCUT2D eigenvalue weighted by Crippen LogP contribution is 2.30. The van der Waals surface area contributed by atoms with E-state index in [9.17, 15) is 5.11 Å². The van der Waals surface area contributed by atoms with Gasteiger partial charge in [-0.05, 0) is 48.9 Å². The van der Waals surface area contributed by atoms with Crippen LogP contribution in [0.4, 0.5) is 0 Å². The molecule has 1 aromatic carbocycles. The van der Waals surface area contributed by atoms with Crippen LogP contribution in [0.1, 0.15) is 37.7 Å². The van der Waals surface area contributed by atoms with Crippen molar-refractivity contribution in [2.75, 3.05) is 7.11 Å². The summed E-state index contributed by atoms with van der Waals surface area (Å²) in [6.07, 6.45) is 6.68. The molecule has 1 N–H and O–H groups in total. The Balaban J connectivity index is 2.03. The first kappa shape index (κ1) is 13.9. The van der Waals surface area contributed by atoms with Crippen LogP contribution in [0.5, 0.6) is 5.75 Å². The normalized spacial score (nSPS) is 18.6. The Morgan fingerprint density at radius 3 is 2.72 bits per heavy atom. The van der Waals surface area contributed by atoms with Crippen molar-refractivity contribution in [1.82, 2.24) is 0 Å². The lowest BCUT2D eigenvalue weighted by molar-refractivity contribution is 0.0849. The molecule has 0 saturated heterocycles. The molecule has 0 radical (unpaired) electrons. The van der Waals surface area contributed by atoms with Crippen LogP contribution in [0.15, 0.2) is 22.7 Å². The maximum atomic E-state index is 10.4. The third kappa shape index (κ3) is 3.48. The lowest BCUT2D eigenvalue weighted by atomic mass is 9.83. The fourth-order valence-electron chi connectivity index (χ4n) is 2.75. The number of halogens is 1. The quantitative estimate of drug-likeness (QED) is 0.912. The van der Waals surface area contributed by atoms with Crippen LogP contribution < -0.4 is 4.74 Å². The molecular formula is C15H21BrO2. The monoisotopic (exact) mass is 312 g/mol. The van der Waals surface area contributed by atoms with Gasteiger partial charge in [-0.25, -0.2) is 0 Å². The van der Waals surface area contributed by atoms with E-state index in [4.69, 9.17) is 4.74 Å². The van der Waals surface area contributed by atoms with Crippen molar-refractivity contribution < 1.29 is 9.84 Å². The van der Waals surface area contributed by atoms with Crippen LogP contribution in [0, 0.1) is 5.92 Å². The van der Waals surface area contributed by atoms with Gasteiger partial charge in [0.05, 0.1) is 13.2 Å². The molecule has 0 heterocycles. The van der Waals surface area contributed by atoms with E-state index in [1.54, 1.807) is 7.11 Å². The van der Waals surface area contributed by atoms with Crippen LogP contribution in [-0.2, 0) is 6.42 Å². The number of hydrogen-bond acceptors (Lipinski definition) is 2. The lowest BCUT2D eigenvalue weighted by Crippen LogP contribution is -2.25. The van der Waals surface area contributed by atoms with Gasteiger partial charge in [0.25, 0.3) is 0 Å². The van der Waals surface area contributed by atoms with Crippen LogP contribution >= 0.6 is 15.9 Å².